The minimum Gasteiger partial charge on any atom is -0.356 e. The summed E-state index contributed by atoms with van der Waals surface area (Å²) in [5.74, 6) is 1.40. The van der Waals surface area contributed by atoms with E-state index in [-0.39, 0.29) is 11.3 Å². The van der Waals surface area contributed by atoms with Crippen LogP contribution in [0.2, 0.25) is 0 Å². The van der Waals surface area contributed by atoms with Crippen LogP contribution in [0.1, 0.15) is 47.0 Å². The first-order chi connectivity index (χ1) is 6.94. The molecule has 0 aromatic rings. The SMILES string of the molecule is CCC(C)(C)C(=O)NCCCC(C)CCl. The molecule has 0 rings (SSSR count). The second kappa shape index (κ2) is 7.10. The molecule has 0 fully saturated rings. The molecule has 0 aromatic heterocycles. The summed E-state index contributed by atoms with van der Waals surface area (Å²) in [6.45, 7) is 8.89. The average Bonchev–Trinajstić information content (AvgIpc) is 2.23. The van der Waals surface area contributed by atoms with Crippen LogP contribution in [0.15, 0.2) is 0 Å². The molecule has 0 aliphatic carbocycles. The van der Waals surface area contributed by atoms with E-state index in [9.17, 15) is 4.79 Å². The highest BCUT2D eigenvalue weighted by atomic mass is 35.5. The second-order valence-electron chi connectivity index (χ2n) is 4.90. The van der Waals surface area contributed by atoms with Gasteiger partial charge in [0.25, 0.3) is 0 Å². The zero-order valence-electron chi connectivity index (χ0n) is 10.4. The Hall–Kier alpha value is -0.240. The van der Waals surface area contributed by atoms with Crippen molar-refractivity contribution in [3.8, 4) is 0 Å². The number of carbonyl (C=O) groups is 1. The van der Waals surface area contributed by atoms with Gasteiger partial charge in [0, 0.05) is 17.8 Å². The second-order valence-corrected chi connectivity index (χ2v) is 5.20. The van der Waals surface area contributed by atoms with Gasteiger partial charge in [-0.2, -0.15) is 0 Å². The highest BCUT2D eigenvalue weighted by molar-refractivity contribution is 6.18. The van der Waals surface area contributed by atoms with Gasteiger partial charge in [-0.3, -0.25) is 4.79 Å². The molecule has 1 unspecified atom stereocenters. The zero-order valence-corrected chi connectivity index (χ0v) is 11.2. The van der Waals surface area contributed by atoms with Gasteiger partial charge < -0.3 is 5.32 Å². The van der Waals surface area contributed by atoms with Crippen molar-refractivity contribution in [3.63, 3.8) is 0 Å². The zero-order chi connectivity index (χ0) is 11.9. The quantitative estimate of drug-likeness (QED) is 0.531. The number of hydrogen-bond donors (Lipinski definition) is 1. The minimum absolute atomic E-state index is 0.156. The third-order valence-electron chi connectivity index (χ3n) is 2.92. The smallest absolute Gasteiger partial charge is 0.225 e. The molecule has 2 nitrogen and oxygen atoms in total. The molecule has 90 valence electrons. The maximum atomic E-state index is 11.7. The lowest BCUT2D eigenvalue weighted by Crippen LogP contribution is -2.37. The monoisotopic (exact) mass is 233 g/mol. The Kier molecular flexibility index (Phi) is 6.99. The van der Waals surface area contributed by atoms with Crippen molar-refractivity contribution in [2.24, 2.45) is 11.3 Å². The molecule has 1 N–H and O–H groups in total. The first-order valence-corrected chi connectivity index (χ1v) is 6.31. The van der Waals surface area contributed by atoms with Gasteiger partial charge in [-0.25, -0.2) is 0 Å². The molecule has 1 atom stereocenters. The van der Waals surface area contributed by atoms with Crippen LogP contribution in [-0.4, -0.2) is 18.3 Å². The Labute approximate surface area is 98.8 Å². The summed E-state index contributed by atoms with van der Waals surface area (Å²) in [6, 6.07) is 0. The fourth-order valence-corrected chi connectivity index (χ4v) is 1.28. The molecule has 0 aliphatic rings. The molecule has 0 saturated heterocycles. The summed E-state index contributed by atoms with van der Waals surface area (Å²) in [5, 5.41) is 2.97. The van der Waals surface area contributed by atoms with Gasteiger partial charge in [0.05, 0.1) is 0 Å². The number of carbonyl (C=O) groups excluding carboxylic acids is 1. The van der Waals surface area contributed by atoms with Gasteiger partial charge in [-0.1, -0.05) is 27.7 Å². The van der Waals surface area contributed by atoms with Crippen LogP contribution < -0.4 is 5.32 Å². The van der Waals surface area contributed by atoms with Gasteiger partial charge >= 0.3 is 0 Å². The maximum Gasteiger partial charge on any atom is 0.225 e. The van der Waals surface area contributed by atoms with Gasteiger partial charge in [-0.05, 0) is 25.2 Å². The largest absolute Gasteiger partial charge is 0.356 e. The number of alkyl halides is 1. The van der Waals surface area contributed by atoms with Crippen molar-refractivity contribution in [1.29, 1.82) is 0 Å². The van der Waals surface area contributed by atoms with Crippen molar-refractivity contribution >= 4 is 17.5 Å². The van der Waals surface area contributed by atoms with Gasteiger partial charge in [0.15, 0.2) is 0 Å². The average molecular weight is 234 g/mol. The first kappa shape index (κ1) is 14.8. The number of rotatable bonds is 7. The van der Waals surface area contributed by atoms with Crippen molar-refractivity contribution in [1.82, 2.24) is 5.32 Å². The molecule has 1 amide bonds. The summed E-state index contributed by atoms with van der Waals surface area (Å²) in [7, 11) is 0. The highest BCUT2D eigenvalue weighted by Crippen LogP contribution is 2.19. The van der Waals surface area contributed by atoms with E-state index in [1.165, 1.54) is 0 Å². The van der Waals surface area contributed by atoms with Crippen LogP contribution in [-0.2, 0) is 4.79 Å². The van der Waals surface area contributed by atoms with Crippen LogP contribution in [0.25, 0.3) is 0 Å². The fourth-order valence-electron chi connectivity index (χ4n) is 1.13. The summed E-state index contributed by atoms with van der Waals surface area (Å²) < 4.78 is 0. The third-order valence-corrected chi connectivity index (χ3v) is 3.45. The lowest BCUT2D eigenvalue weighted by molar-refractivity contribution is -0.129. The Balaban J connectivity index is 3.64. The van der Waals surface area contributed by atoms with Crippen LogP contribution >= 0.6 is 11.6 Å². The van der Waals surface area contributed by atoms with Crippen LogP contribution in [0, 0.1) is 11.3 Å². The van der Waals surface area contributed by atoms with E-state index < -0.39 is 0 Å². The summed E-state index contributed by atoms with van der Waals surface area (Å²) in [4.78, 5) is 11.7. The lowest BCUT2D eigenvalue weighted by atomic mass is 9.89. The molecule has 15 heavy (non-hydrogen) atoms. The number of nitrogens with one attached hydrogen (secondary N) is 1. The molecule has 0 aliphatic heterocycles. The fraction of sp³-hybridized carbons (Fsp3) is 0.917. The number of amides is 1. The van der Waals surface area contributed by atoms with Crippen LogP contribution in [0.5, 0.6) is 0 Å². The van der Waals surface area contributed by atoms with Gasteiger partial charge in [0.1, 0.15) is 0 Å². The topological polar surface area (TPSA) is 29.1 Å². The molecule has 0 bridgehead atoms. The van der Waals surface area contributed by atoms with Crippen molar-refractivity contribution in [2.45, 2.75) is 47.0 Å². The number of halogens is 1. The Morgan fingerprint density at radius 3 is 2.53 bits per heavy atom. The molecule has 3 heteroatoms. The Bertz CT molecular complexity index is 192. The molecule has 0 radical (unpaired) electrons. The molecular weight excluding hydrogens is 210 g/mol. The molecule has 0 saturated carbocycles. The third kappa shape index (κ3) is 6.03. The van der Waals surface area contributed by atoms with E-state index in [0.29, 0.717) is 11.8 Å². The molecule has 0 spiro atoms. The van der Waals surface area contributed by atoms with Crippen molar-refractivity contribution < 1.29 is 4.79 Å². The standard InChI is InChI=1S/C12H24ClNO/c1-5-12(3,4)11(15)14-8-6-7-10(2)9-13/h10H,5-9H2,1-4H3,(H,14,15). The maximum absolute atomic E-state index is 11.7. The summed E-state index contributed by atoms with van der Waals surface area (Å²) in [6.07, 6.45) is 2.96. The van der Waals surface area contributed by atoms with E-state index in [2.05, 4.69) is 12.2 Å². The van der Waals surface area contributed by atoms with E-state index in [0.717, 1.165) is 25.8 Å². The molecule has 0 heterocycles. The van der Waals surface area contributed by atoms with E-state index in [1.807, 2.05) is 20.8 Å². The highest BCUT2D eigenvalue weighted by Gasteiger charge is 2.24. The van der Waals surface area contributed by atoms with E-state index in [4.69, 9.17) is 11.6 Å². The molecule has 0 aromatic carbocycles. The van der Waals surface area contributed by atoms with Gasteiger partial charge in [0.2, 0.25) is 5.91 Å². The van der Waals surface area contributed by atoms with Gasteiger partial charge in [-0.15, -0.1) is 11.6 Å². The molecular formula is C12H24ClNO. The van der Waals surface area contributed by atoms with Crippen LogP contribution in [0.4, 0.5) is 0 Å². The minimum atomic E-state index is -0.238. The lowest BCUT2D eigenvalue weighted by Gasteiger charge is -2.21. The van der Waals surface area contributed by atoms with Crippen molar-refractivity contribution in [3.05, 3.63) is 0 Å². The predicted molar refractivity (Wildman–Crippen MR) is 66.2 cm³/mol. The number of hydrogen-bond acceptors (Lipinski definition) is 1. The van der Waals surface area contributed by atoms with E-state index in [1.54, 1.807) is 0 Å². The van der Waals surface area contributed by atoms with Crippen molar-refractivity contribution in [2.75, 3.05) is 12.4 Å². The summed E-state index contributed by atoms with van der Waals surface area (Å²) in [5.41, 5.74) is -0.238. The normalized spacial score (nSPS) is 13.7. The first-order valence-electron chi connectivity index (χ1n) is 5.78. The van der Waals surface area contributed by atoms with Crippen LogP contribution in [0.3, 0.4) is 0 Å². The predicted octanol–water partition coefficient (Wildman–Crippen LogP) is 3.19. The summed E-state index contributed by atoms with van der Waals surface area (Å²) >= 11 is 5.70. The Morgan fingerprint density at radius 1 is 1.47 bits per heavy atom. The van der Waals surface area contributed by atoms with E-state index >= 15 is 0 Å². The Morgan fingerprint density at radius 2 is 2.07 bits per heavy atom.